The monoisotopic (exact) mass is 239 g/mol. The molecule has 0 aliphatic heterocycles. The topological polar surface area (TPSA) is 61.5 Å². The van der Waals surface area contributed by atoms with E-state index in [0.29, 0.717) is 17.0 Å². The first kappa shape index (κ1) is 12.6. The number of esters is 1. The molecule has 5 heteroatoms. The molecule has 0 fully saturated rings. The number of anilines is 1. The molecule has 4 nitrogen and oxygen atoms in total. The lowest BCUT2D eigenvalue weighted by atomic mass is 10.2. The quantitative estimate of drug-likeness (QED) is 0.499. The zero-order chi connectivity index (χ0) is 12.3. The zero-order valence-electron chi connectivity index (χ0n) is 10.0. The first-order valence-electron chi connectivity index (χ1n) is 5.00. The second-order valence-corrected chi connectivity index (χ2v) is 8.88. The van der Waals surface area contributed by atoms with E-state index in [1.54, 1.807) is 18.2 Å². The second-order valence-electron chi connectivity index (χ2n) is 4.46. The Labute approximate surface area is 96.5 Å². The number of benzene rings is 1. The molecule has 0 aliphatic rings. The average molecular weight is 239 g/mol. The number of carbonyl (C=O) groups excluding carboxylic acids is 1. The molecule has 0 bridgehead atoms. The SMILES string of the molecule is COC(=O)c1cc(O[Si](C)(C)C)ccc1N. The molecule has 2 N–H and O–H groups in total. The molecule has 16 heavy (non-hydrogen) atoms. The van der Waals surface area contributed by atoms with Crippen molar-refractivity contribution >= 4 is 20.0 Å². The Bertz CT molecular complexity index is 399. The number of rotatable bonds is 3. The summed E-state index contributed by atoms with van der Waals surface area (Å²) in [6.45, 7) is 6.21. The van der Waals surface area contributed by atoms with E-state index in [4.69, 9.17) is 10.2 Å². The van der Waals surface area contributed by atoms with Crippen LogP contribution in [-0.2, 0) is 4.74 Å². The van der Waals surface area contributed by atoms with Gasteiger partial charge in [0, 0.05) is 5.69 Å². The van der Waals surface area contributed by atoms with Crippen molar-refractivity contribution in [3.8, 4) is 5.75 Å². The van der Waals surface area contributed by atoms with Crippen molar-refractivity contribution in [2.75, 3.05) is 12.8 Å². The Balaban J connectivity index is 3.03. The van der Waals surface area contributed by atoms with Gasteiger partial charge in [-0.3, -0.25) is 0 Å². The van der Waals surface area contributed by atoms with Crippen LogP contribution in [0.1, 0.15) is 10.4 Å². The molecule has 0 heterocycles. The Morgan fingerprint density at radius 1 is 1.31 bits per heavy atom. The van der Waals surface area contributed by atoms with E-state index in [-0.39, 0.29) is 0 Å². The molecule has 0 radical (unpaired) electrons. The molecule has 0 unspecified atom stereocenters. The lowest BCUT2D eigenvalue weighted by Crippen LogP contribution is -2.29. The number of hydrogen-bond acceptors (Lipinski definition) is 4. The maximum atomic E-state index is 11.4. The van der Waals surface area contributed by atoms with Gasteiger partial charge in [-0.2, -0.15) is 0 Å². The third kappa shape index (κ3) is 3.27. The standard InChI is InChI=1S/C11H17NO3Si/c1-14-11(13)9-7-8(5-6-10(9)12)15-16(2,3)4/h5-7H,12H2,1-4H3. The van der Waals surface area contributed by atoms with E-state index >= 15 is 0 Å². The normalized spacial score (nSPS) is 11.0. The van der Waals surface area contributed by atoms with Crippen molar-refractivity contribution in [1.29, 1.82) is 0 Å². The summed E-state index contributed by atoms with van der Waals surface area (Å²) in [6, 6.07) is 5.04. The third-order valence-electron chi connectivity index (χ3n) is 1.85. The minimum Gasteiger partial charge on any atom is -0.544 e. The van der Waals surface area contributed by atoms with E-state index in [2.05, 4.69) is 24.4 Å². The highest BCUT2D eigenvalue weighted by molar-refractivity contribution is 6.70. The van der Waals surface area contributed by atoms with Crippen LogP contribution >= 0.6 is 0 Å². The van der Waals surface area contributed by atoms with E-state index in [1.807, 2.05) is 0 Å². The molecular formula is C11H17NO3Si. The highest BCUT2D eigenvalue weighted by atomic mass is 28.4. The molecule has 1 rings (SSSR count). The summed E-state index contributed by atoms with van der Waals surface area (Å²) in [5.41, 5.74) is 6.43. The summed E-state index contributed by atoms with van der Waals surface area (Å²) in [5, 5.41) is 0. The maximum Gasteiger partial charge on any atom is 0.340 e. The smallest absolute Gasteiger partial charge is 0.340 e. The van der Waals surface area contributed by atoms with E-state index < -0.39 is 14.3 Å². The van der Waals surface area contributed by atoms with Crippen LogP contribution in [0.3, 0.4) is 0 Å². The first-order valence-corrected chi connectivity index (χ1v) is 8.41. The Hall–Kier alpha value is -1.49. The van der Waals surface area contributed by atoms with E-state index in [0.717, 1.165) is 0 Å². The van der Waals surface area contributed by atoms with Crippen LogP contribution in [0.25, 0.3) is 0 Å². The van der Waals surface area contributed by atoms with Gasteiger partial charge in [-0.05, 0) is 37.8 Å². The predicted molar refractivity (Wildman–Crippen MR) is 66.2 cm³/mol. The summed E-state index contributed by atoms with van der Waals surface area (Å²) in [4.78, 5) is 11.4. The summed E-state index contributed by atoms with van der Waals surface area (Å²) in [6.07, 6.45) is 0. The molecule has 0 aliphatic carbocycles. The van der Waals surface area contributed by atoms with Gasteiger partial charge in [0.05, 0.1) is 12.7 Å². The maximum absolute atomic E-state index is 11.4. The van der Waals surface area contributed by atoms with Crippen LogP contribution in [0.2, 0.25) is 19.6 Å². The summed E-state index contributed by atoms with van der Waals surface area (Å²) >= 11 is 0. The van der Waals surface area contributed by atoms with Crippen molar-refractivity contribution in [2.45, 2.75) is 19.6 Å². The predicted octanol–water partition coefficient (Wildman–Crippen LogP) is 2.27. The molecule has 0 spiro atoms. The van der Waals surface area contributed by atoms with Crippen LogP contribution in [-0.4, -0.2) is 21.4 Å². The van der Waals surface area contributed by atoms with Crippen molar-refractivity contribution in [2.24, 2.45) is 0 Å². The Kier molecular flexibility index (Phi) is 3.59. The fourth-order valence-electron chi connectivity index (χ4n) is 1.24. The fraction of sp³-hybridized carbons (Fsp3) is 0.364. The second kappa shape index (κ2) is 4.57. The average Bonchev–Trinajstić information content (AvgIpc) is 2.18. The molecular weight excluding hydrogens is 222 g/mol. The van der Waals surface area contributed by atoms with Crippen molar-refractivity contribution in [3.05, 3.63) is 23.8 Å². The van der Waals surface area contributed by atoms with Gasteiger partial charge in [0.15, 0.2) is 0 Å². The van der Waals surface area contributed by atoms with Gasteiger partial charge < -0.3 is 14.9 Å². The van der Waals surface area contributed by atoms with E-state index in [1.165, 1.54) is 7.11 Å². The molecule has 1 aromatic rings. The molecule has 0 atom stereocenters. The molecule has 1 aromatic carbocycles. The Morgan fingerprint density at radius 3 is 2.44 bits per heavy atom. The number of nitrogens with two attached hydrogens (primary N) is 1. The third-order valence-corrected chi connectivity index (χ3v) is 2.70. The van der Waals surface area contributed by atoms with Crippen LogP contribution in [0, 0.1) is 0 Å². The molecule has 0 amide bonds. The van der Waals surface area contributed by atoms with Gasteiger partial charge in [-0.1, -0.05) is 0 Å². The van der Waals surface area contributed by atoms with Gasteiger partial charge >= 0.3 is 5.97 Å². The van der Waals surface area contributed by atoms with E-state index in [9.17, 15) is 4.79 Å². The summed E-state index contributed by atoms with van der Waals surface area (Å²) in [5.74, 6) is 0.215. The molecule has 0 saturated heterocycles. The Morgan fingerprint density at radius 2 is 1.94 bits per heavy atom. The van der Waals surface area contributed by atoms with Crippen molar-refractivity contribution in [3.63, 3.8) is 0 Å². The van der Waals surface area contributed by atoms with Gasteiger partial charge in [0.1, 0.15) is 5.75 Å². The largest absolute Gasteiger partial charge is 0.544 e. The van der Waals surface area contributed by atoms with Crippen LogP contribution in [0.5, 0.6) is 5.75 Å². The minimum absolute atomic E-state index is 0.346. The first-order chi connectivity index (χ1) is 7.33. The van der Waals surface area contributed by atoms with Crippen LogP contribution in [0.4, 0.5) is 5.69 Å². The minimum atomic E-state index is -1.68. The fourth-order valence-corrected chi connectivity index (χ4v) is 2.07. The van der Waals surface area contributed by atoms with Crippen molar-refractivity contribution < 1.29 is 14.0 Å². The van der Waals surface area contributed by atoms with Crippen LogP contribution in [0.15, 0.2) is 18.2 Å². The summed E-state index contributed by atoms with van der Waals surface area (Å²) in [7, 11) is -0.349. The van der Waals surface area contributed by atoms with Gasteiger partial charge in [0.25, 0.3) is 0 Å². The summed E-state index contributed by atoms with van der Waals surface area (Å²) < 4.78 is 10.4. The number of carbonyl (C=O) groups is 1. The number of ether oxygens (including phenoxy) is 1. The van der Waals surface area contributed by atoms with Crippen molar-refractivity contribution in [1.82, 2.24) is 0 Å². The lowest BCUT2D eigenvalue weighted by molar-refractivity contribution is 0.0601. The lowest BCUT2D eigenvalue weighted by Gasteiger charge is -2.19. The van der Waals surface area contributed by atoms with Crippen LogP contribution < -0.4 is 10.2 Å². The van der Waals surface area contributed by atoms with Gasteiger partial charge in [-0.15, -0.1) is 0 Å². The zero-order valence-corrected chi connectivity index (χ0v) is 11.0. The number of nitrogen functional groups attached to an aromatic ring is 1. The molecule has 0 aromatic heterocycles. The number of hydrogen-bond donors (Lipinski definition) is 1. The highest BCUT2D eigenvalue weighted by Gasteiger charge is 2.18. The highest BCUT2D eigenvalue weighted by Crippen LogP contribution is 2.22. The molecule has 0 saturated carbocycles. The van der Waals surface area contributed by atoms with Gasteiger partial charge in [0.2, 0.25) is 8.32 Å². The molecule has 88 valence electrons. The van der Waals surface area contributed by atoms with Gasteiger partial charge in [-0.25, -0.2) is 4.79 Å². The number of methoxy groups -OCH3 is 1.